The Balaban J connectivity index is 2.48. The number of carbonyl (C=O) groups is 1. The summed E-state index contributed by atoms with van der Waals surface area (Å²) >= 11 is 0. The van der Waals surface area contributed by atoms with Crippen molar-refractivity contribution in [1.82, 2.24) is 20.2 Å². The zero-order valence-corrected chi connectivity index (χ0v) is 7.77. The number of hydrogen-bond acceptors (Lipinski definition) is 4. The van der Waals surface area contributed by atoms with Crippen LogP contribution < -0.4 is 0 Å². The number of ketones is 1. The van der Waals surface area contributed by atoms with Crippen molar-refractivity contribution in [2.45, 2.75) is 26.8 Å². The van der Waals surface area contributed by atoms with Gasteiger partial charge in [0.05, 0.1) is 6.54 Å². The fourth-order valence-electron chi connectivity index (χ4n) is 0.820. The van der Waals surface area contributed by atoms with E-state index in [-0.39, 0.29) is 5.78 Å². The largest absolute Gasteiger partial charge is 0.295 e. The Morgan fingerprint density at radius 1 is 1.62 bits per heavy atom. The van der Waals surface area contributed by atoms with Gasteiger partial charge in [-0.3, -0.25) is 4.79 Å². The number of aryl methyl sites for hydroxylation is 1. The van der Waals surface area contributed by atoms with E-state index in [1.807, 2.05) is 13.8 Å². The van der Waals surface area contributed by atoms with Crippen LogP contribution in [0.2, 0.25) is 0 Å². The lowest BCUT2D eigenvalue weighted by atomic mass is 10.3. The maximum atomic E-state index is 10.9. The van der Waals surface area contributed by atoms with Crippen LogP contribution >= 0.6 is 0 Å². The van der Waals surface area contributed by atoms with Crippen molar-refractivity contribution < 1.29 is 4.79 Å². The summed E-state index contributed by atoms with van der Waals surface area (Å²) in [6.07, 6.45) is 3.85. The van der Waals surface area contributed by atoms with Gasteiger partial charge in [-0.2, -0.15) is 0 Å². The van der Waals surface area contributed by atoms with Gasteiger partial charge < -0.3 is 0 Å². The molecule has 0 saturated carbocycles. The van der Waals surface area contributed by atoms with Gasteiger partial charge >= 0.3 is 0 Å². The number of tetrazole rings is 1. The number of rotatable bonds is 4. The maximum Gasteiger partial charge on any atom is 0.155 e. The second-order valence-electron chi connectivity index (χ2n) is 2.63. The normalized spacial score (nSPS) is 10.9. The average Bonchev–Trinajstić information content (AvgIpc) is 2.52. The standard InChI is InChI=1S/C8H12N4O/c1-3-8(13)5-4-6-12-7(2)9-10-11-12/h4-5H,3,6H2,1-2H3/b5-4+. The minimum atomic E-state index is 0.116. The van der Waals surface area contributed by atoms with Gasteiger partial charge in [0.1, 0.15) is 5.82 Å². The minimum Gasteiger partial charge on any atom is -0.295 e. The van der Waals surface area contributed by atoms with Gasteiger partial charge in [-0.05, 0) is 23.4 Å². The van der Waals surface area contributed by atoms with Crippen LogP contribution in [-0.2, 0) is 11.3 Å². The lowest BCUT2D eigenvalue weighted by Gasteiger charge is -1.93. The highest BCUT2D eigenvalue weighted by atomic mass is 16.1. The molecule has 0 bridgehead atoms. The number of carbonyl (C=O) groups excluding carboxylic acids is 1. The first-order valence-electron chi connectivity index (χ1n) is 4.16. The number of nitrogens with zero attached hydrogens (tertiary/aromatic N) is 4. The third-order valence-corrected chi connectivity index (χ3v) is 1.64. The molecule has 0 aliphatic rings. The van der Waals surface area contributed by atoms with Crippen LogP contribution in [0, 0.1) is 6.92 Å². The van der Waals surface area contributed by atoms with Gasteiger partial charge in [0.2, 0.25) is 0 Å². The van der Waals surface area contributed by atoms with E-state index in [1.165, 1.54) is 0 Å². The van der Waals surface area contributed by atoms with Gasteiger partial charge in [-0.1, -0.05) is 13.0 Å². The SMILES string of the molecule is CCC(=O)/C=C/Cn1nnnc1C. The van der Waals surface area contributed by atoms with Crippen molar-refractivity contribution in [2.75, 3.05) is 0 Å². The Morgan fingerprint density at radius 2 is 2.38 bits per heavy atom. The summed E-state index contributed by atoms with van der Waals surface area (Å²) < 4.78 is 1.62. The molecule has 1 aromatic heterocycles. The van der Waals surface area contributed by atoms with Crippen LogP contribution in [0.25, 0.3) is 0 Å². The number of hydrogen-bond donors (Lipinski definition) is 0. The third kappa shape index (κ3) is 2.77. The molecule has 0 spiro atoms. The molecule has 0 fully saturated rings. The monoisotopic (exact) mass is 180 g/mol. The average molecular weight is 180 g/mol. The summed E-state index contributed by atoms with van der Waals surface area (Å²) in [7, 11) is 0. The highest BCUT2D eigenvalue weighted by molar-refractivity contribution is 5.89. The molecule has 70 valence electrons. The molecule has 0 saturated heterocycles. The fourth-order valence-corrected chi connectivity index (χ4v) is 0.820. The number of aromatic nitrogens is 4. The Labute approximate surface area is 76.4 Å². The van der Waals surface area contributed by atoms with E-state index >= 15 is 0 Å². The molecular weight excluding hydrogens is 168 g/mol. The molecule has 0 amide bonds. The fraction of sp³-hybridized carbons (Fsp3) is 0.500. The second kappa shape index (κ2) is 4.49. The summed E-state index contributed by atoms with van der Waals surface area (Å²) in [5.41, 5.74) is 0. The first-order chi connectivity index (χ1) is 6.24. The van der Waals surface area contributed by atoms with E-state index in [9.17, 15) is 4.79 Å². The van der Waals surface area contributed by atoms with Gasteiger partial charge in [-0.15, -0.1) is 5.10 Å². The molecule has 5 heteroatoms. The molecule has 0 radical (unpaired) electrons. The topological polar surface area (TPSA) is 60.7 Å². The number of allylic oxidation sites excluding steroid dienone is 2. The van der Waals surface area contributed by atoms with Gasteiger partial charge in [-0.25, -0.2) is 4.68 Å². The highest BCUT2D eigenvalue weighted by Crippen LogP contribution is 1.90. The molecule has 0 aromatic carbocycles. The van der Waals surface area contributed by atoms with E-state index in [0.29, 0.717) is 13.0 Å². The summed E-state index contributed by atoms with van der Waals surface area (Å²) in [5, 5.41) is 10.9. The Hall–Kier alpha value is -1.52. The second-order valence-corrected chi connectivity index (χ2v) is 2.63. The zero-order valence-electron chi connectivity index (χ0n) is 7.77. The Kier molecular flexibility index (Phi) is 3.31. The molecule has 0 N–H and O–H groups in total. The summed E-state index contributed by atoms with van der Waals surface area (Å²) in [5.74, 6) is 0.860. The molecule has 5 nitrogen and oxygen atoms in total. The Bertz CT molecular complexity index is 316. The van der Waals surface area contributed by atoms with Crippen molar-refractivity contribution in [3.8, 4) is 0 Å². The van der Waals surface area contributed by atoms with E-state index in [4.69, 9.17) is 0 Å². The molecular formula is C8H12N4O. The van der Waals surface area contributed by atoms with Gasteiger partial charge in [0.15, 0.2) is 5.78 Å². The molecule has 13 heavy (non-hydrogen) atoms. The first kappa shape index (κ1) is 9.57. The molecule has 1 aromatic rings. The van der Waals surface area contributed by atoms with Crippen LogP contribution in [0.15, 0.2) is 12.2 Å². The van der Waals surface area contributed by atoms with E-state index in [2.05, 4.69) is 15.5 Å². The van der Waals surface area contributed by atoms with Gasteiger partial charge in [0, 0.05) is 6.42 Å². The summed E-state index contributed by atoms with van der Waals surface area (Å²) in [6, 6.07) is 0. The molecule has 0 aliphatic heterocycles. The maximum absolute atomic E-state index is 10.9. The highest BCUT2D eigenvalue weighted by Gasteiger charge is 1.96. The van der Waals surface area contributed by atoms with E-state index in [1.54, 1.807) is 16.8 Å². The van der Waals surface area contributed by atoms with Crippen molar-refractivity contribution in [3.63, 3.8) is 0 Å². The first-order valence-corrected chi connectivity index (χ1v) is 4.16. The molecule has 0 unspecified atom stereocenters. The molecule has 1 heterocycles. The van der Waals surface area contributed by atoms with Crippen LogP contribution in [0.5, 0.6) is 0 Å². The lowest BCUT2D eigenvalue weighted by Crippen LogP contribution is -2.01. The summed E-state index contributed by atoms with van der Waals surface area (Å²) in [4.78, 5) is 10.9. The Morgan fingerprint density at radius 3 is 2.92 bits per heavy atom. The van der Waals surface area contributed by atoms with Crippen molar-refractivity contribution in [3.05, 3.63) is 18.0 Å². The third-order valence-electron chi connectivity index (χ3n) is 1.64. The molecule has 1 rings (SSSR count). The van der Waals surface area contributed by atoms with E-state index < -0.39 is 0 Å². The van der Waals surface area contributed by atoms with E-state index in [0.717, 1.165) is 5.82 Å². The van der Waals surface area contributed by atoms with Crippen LogP contribution in [-0.4, -0.2) is 26.0 Å². The zero-order chi connectivity index (χ0) is 9.68. The summed E-state index contributed by atoms with van der Waals surface area (Å²) in [6.45, 7) is 4.19. The van der Waals surface area contributed by atoms with Crippen molar-refractivity contribution in [1.29, 1.82) is 0 Å². The van der Waals surface area contributed by atoms with Crippen LogP contribution in [0.3, 0.4) is 0 Å². The predicted molar refractivity (Wildman–Crippen MR) is 47.0 cm³/mol. The van der Waals surface area contributed by atoms with Crippen LogP contribution in [0.1, 0.15) is 19.2 Å². The van der Waals surface area contributed by atoms with Crippen LogP contribution in [0.4, 0.5) is 0 Å². The van der Waals surface area contributed by atoms with Crippen molar-refractivity contribution in [2.24, 2.45) is 0 Å². The predicted octanol–water partition coefficient (Wildman–Crippen LogP) is 0.517. The smallest absolute Gasteiger partial charge is 0.155 e. The quantitative estimate of drug-likeness (QED) is 0.633. The van der Waals surface area contributed by atoms with Crippen molar-refractivity contribution >= 4 is 5.78 Å². The minimum absolute atomic E-state index is 0.116. The lowest BCUT2D eigenvalue weighted by molar-refractivity contribution is -0.114. The molecule has 0 aliphatic carbocycles. The van der Waals surface area contributed by atoms with Gasteiger partial charge in [0.25, 0.3) is 0 Å². The molecule has 0 atom stereocenters.